The van der Waals surface area contributed by atoms with E-state index in [0.717, 1.165) is 31.6 Å². The van der Waals surface area contributed by atoms with Crippen LogP contribution in [0.4, 0.5) is 30.6 Å². The summed E-state index contributed by atoms with van der Waals surface area (Å²) in [5.41, 5.74) is 0.0518. The van der Waals surface area contributed by atoms with Gasteiger partial charge in [-0.15, -0.1) is 0 Å². The van der Waals surface area contributed by atoms with Gasteiger partial charge in [-0.2, -0.15) is 13.2 Å². The molecule has 4 rings (SSSR count). The second-order valence-corrected chi connectivity index (χ2v) is 8.37. The molecule has 1 saturated heterocycles. The normalized spacial score (nSPS) is 15.7. The van der Waals surface area contributed by atoms with Crippen molar-refractivity contribution in [3.8, 4) is 0 Å². The number of morpholine rings is 1. The summed E-state index contributed by atoms with van der Waals surface area (Å²) < 4.78 is 44.7. The van der Waals surface area contributed by atoms with E-state index in [1.54, 1.807) is 24.4 Å². The van der Waals surface area contributed by atoms with Crippen LogP contribution in [0.25, 0.3) is 0 Å². The minimum absolute atomic E-state index is 0.0288. The number of pyridine rings is 1. The second-order valence-electron chi connectivity index (χ2n) is 8.37. The van der Waals surface area contributed by atoms with Crippen molar-refractivity contribution in [1.29, 1.82) is 0 Å². The Bertz CT molecular complexity index is 1200. The fourth-order valence-corrected chi connectivity index (χ4v) is 3.88. The number of hydrogen-bond donors (Lipinski definition) is 3. The largest absolute Gasteiger partial charge is 0.416 e. The van der Waals surface area contributed by atoms with Gasteiger partial charge in [0.1, 0.15) is 12.0 Å². The molecule has 1 fully saturated rings. The standard InChI is InChI=1S/C25H28F3N7O2/c1-2-12-35(21-16-37-13-11-29-21)24-31-10-8-19(34-24)15-32-22-20(7-4-9-30-22)23(36)33-18-6-3-5-17(14-18)25(26,27)28/h3-10,14,21,29H,2,11-13,15-16H2,1H3,(H,30,32)(H,33,36). The van der Waals surface area contributed by atoms with Gasteiger partial charge in [0.2, 0.25) is 5.95 Å². The van der Waals surface area contributed by atoms with E-state index in [2.05, 4.69) is 42.7 Å². The van der Waals surface area contributed by atoms with Crippen molar-refractivity contribution < 1.29 is 22.7 Å². The number of nitrogens with one attached hydrogen (secondary N) is 3. The Kier molecular flexibility index (Phi) is 8.51. The maximum Gasteiger partial charge on any atom is 0.416 e. The zero-order valence-corrected chi connectivity index (χ0v) is 20.3. The van der Waals surface area contributed by atoms with Crippen LogP contribution in [0.15, 0.2) is 54.9 Å². The summed E-state index contributed by atoms with van der Waals surface area (Å²) in [6.07, 6.45) is -0.440. The fraction of sp³-hybridized carbons (Fsp3) is 0.360. The molecular formula is C25H28F3N7O2. The van der Waals surface area contributed by atoms with Crippen LogP contribution in [0.3, 0.4) is 0 Å². The molecule has 1 aromatic carbocycles. The Balaban J connectivity index is 1.46. The van der Waals surface area contributed by atoms with Crippen molar-refractivity contribution in [3.63, 3.8) is 0 Å². The van der Waals surface area contributed by atoms with Gasteiger partial charge in [-0.25, -0.2) is 15.0 Å². The Morgan fingerprint density at radius 3 is 2.81 bits per heavy atom. The van der Waals surface area contributed by atoms with Crippen molar-refractivity contribution in [2.24, 2.45) is 0 Å². The topological polar surface area (TPSA) is 104 Å². The maximum atomic E-state index is 13.0. The first kappa shape index (κ1) is 26.3. The van der Waals surface area contributed by atoms with Crippen molar-refractivity contribution in [1.82, 2.24) is 20.3 Å². The number of rotatable bonds is 9. The predicted molar refractivity (Wildman–Crippen MR) is 133 cm³/mol. The van der Waals surface area contributed by atoms with E-state index in [4.69, 9.17) is 4.74 Å². The van der Waals surface area contributed by atoms with Gasteiger partial charge in [0.25, 0.3) is 5.91 Å². The number of amides is 1. The third-order valence-electron chi connectivity index (χ3n) is 5.64. The van der Waals surface area contributed by atoms with Gasteiger partial charge >= 0.3 is 6.18 Å². The molecule has 2 aromatic heterocycles. The third kappa shape index (κ3) is 6.92. The number of hydrogen-bond acceptors (Lipinski definition) is 8. The van der Waals surface area contributed by atoms with E-state index < -0.39 is 17.6 Å². The van der Waals surface area contributed by atoms with Crippen molar-refractivity contribution >= 4 is 23.4 Å². The Morgan fingerprint density at radius 2 is 2.05 bits per heavy atom. The lowest BCUT2D eigenvalue weighted by Crippen LogP contribution is -2.53. The second kappa shape index (κ2) is 12.0. The number of aromatic nitrogens is 3. The van der Waals surface area contributed by atoms with Crippen molar-refractivity contribution in [3.05, 3.63) is 71.7 Å². The molecule has 0 radical (unpaired) electrons. The molecule has 3 N–H and O–H groups in total. The van der Waals surface area contributed by atoms with E-state index in [-0.39, 0.29) is 29.8 Å². The van der Waals surface area contributed by atoms with E-state index in [9.17, 15) is 18.0 Å². The summed E-state index contributed by atoms with van der Waals surface area (Å²) in [5, 5.41) is 9.04. The van der Waals surface area contributed by atoms with Crippen LogP contribution >= 0.6 is 0 Å². The van der Waals surface area contributed by atoms with Crippen LogP contribution in [0.1, 0.15) is 35.0 Å². The summed E-state index contributed by atoms with van der Waals surface area (Å²) in [5.74, 6) is 0.253. The highest BCUT2D eigenvalue weighted by atomic mass is 19.4. The number of carbonyl (C=O) groups excluding carboxylic acids is 1. The zero-order valence-electron chi connectivity index (χ0n) is 20.3. The number of halogens is 3. The molecule has 37 heavy (non-hydrogen) atoms. The molecule has 12 heteroatoms. The molecule has 3 heterocycles. The summed E-state index contributed by atoms with van der Waals surface area (Å²) in [6, 6.07) is 9.35. The van der Waals surface area contributed by atoms with Gasteiger partial charge in [-0.1, -0.05) is 13.0 Å². The number of nitrogens with zero attached hydrogens (tertiary/aromatic N) is 4. The number of alkyl halides is 3. The molecule has 9 nitrogen and oxygen atoms in total. The summed E-state index contributed by atoms with van der Waals surface area (Å²) in [4.78, 5) is 28.3. The first-order valence-electron chi connectivity index (χ1n) is 11.9. The van der Waals surface area contributed by atoms with Crippen LogP contribution in [-0.2, 0) is 17.5 Å². The molecule has 1 aliphatic rings. The summed E-state index contributed by atoms with van der Waals surface area (Å²) >= 11 is 0. The molecular weight excluding hydrogens is 487 g/mol. The average Bonchev–Trinajstić information content (AvgIpc) is 2.91. The van der Waals surface area contributed by atoms with Crippen LogP contribution in [0.5, 0.6) is 0 Å². The molecule has 1 unspecified atom stereocenters. The van der Waals surface area contributed by atoms with Crippen molar-refractivity contribution in [2.45, 2.75) is 32.2 Å². The first-order chi connectivity index (χ1) is 17.8. The maximum absolute atomic E-state index is 13.0. The molecule has 0 saturated carbocycles. The molecule has 1 atom stereocenters. The predicted octanol–water partition coefficient (Wildman–Crippen LogP) is 3.92. The minimum atomic E-state index is -4.51. The molecule has 0 aliphatic carbocycles. The summed E-state index contributed by atoms with van der Waals surface area (Å²) in [6.45, 7) is 5.02. The lowest BCUT2D eigenvalue weighted by molar-refractivity contribution is -0.137. The van der Waals surface area contributed by atoms with Crippen LogP contribution in [0.2, 0.25) is 0 Å². The Morgan fingerprint density at radius 1 is 1.19 bits per heavy atom. The van der Waals surface area contributed by atoms with E-state index in [0.29, 0.717) is 24.9 Å². The van der Waals surface area contributed by atoms with Crippen molar-refractivity contribution in [2.75, 3.05) is 41.8 Å². The zero-order chi connectivity index (χ0) is 26.3. The van der Waals surface area contributed by atoms with Crippen LogP contribution in [0, 0.1) is 0 Å². The SMILES string of the molecule is CCCN(c1nccc(CNc2ncccc2C(=O)Nc2cccc(C(F)(F)F)c2)n1)C1COCCN1. The first-order valence-corrected chi connectivity index (χ1v) is 11.9. The number of ether oxygens (including phenoxy) is 1. The highest BCUT2D eigenvalue weighted by molar-refractivity contribution is 6.07. The highest BCUT2D eigenvalue weighted by Crippen LogP contribution is 2.31. The van der Waals surface area contributed by atoms with Gasteiger partial charge in [0.15, 0.2) is 0 Å². The quantitative estimate of drug-likeness (QED) is 0.394. The number of benzene rings is 1. The smallest absolute Gasteiger partial charge is 0.377 e. The fourth-order valence-electron chi connectivity index (χ4n) is 3.88. The lowest BCUT2D eigenvalue weighted by atomic mass is 10.1. The van der Waals surface area contributed by atoms with E-state index in [1.807, 2.05) is 0 Å². The van der Waals surface area contributed by atoms with Gasteiger partial charge < -0.3 is 20.3 Å². The molecule has 0 spiro atoms. The molecule has 1 aliphatic heterocycles. The van der Waals surface area contributed by atoms with E-state index in [1.165, 1.54) is 18.3 Å². The monoisotopic (exact) mass is 515 g/mol. The summed E-state index contributed by atoms with van der Waals surface area (Å²) in [7, 11) is 0. The number of anilines is 3. The van der Waals surface area contributed by atoms with Gasteiger partial charge in [-0.05, 0) is 42.8 Å². The van der Waals surface area contributed by atoms with Gasteiger partial charge in [0.05, 0.1) is 36.6 Å². The average molecular weight is 516 g/mol. The van der Waals surface area contributed by atoms with Gasteiger partial charge in [-0.3, -0.25) is 10.1 Å². The highest BCUT2D eigenvalue weighted by Gasteiger charge is 2.30. The van der Waals surface area contributed by atoms with Crippen LogP contribution < -0.4 is 20.9 Å². The Hall–Kier alpha value is -3.77. The van der Waals surface area contributed by atoms with Crippen LogP contribution in [-0.4, -0.2) is 53.3 Å². The molecule has 0 bridgehead atoms. The third-order valence-corrected chi connectivity index (χ3v) is 5.64. The molecule has 3 aromatic rings. The molecule has 196 valence electrons. The molecule has 1 amide bonds. The van der Waals surface area contributed by atoms with Gasteiger partial charge in [0, 0.05) is 31.2 Å². The van der Waals surface area contributed by atoms with E-state index >= 15 is 0 Å². The Labute approximate surface area is 212 Å². The lowest BCUT2D eigenvalue weighted by Gasteiger charge is -2.34. The number of carbonyl (C=O) groups is 1. The minimum Gasteiger partial charge on any atom is -0.377 e.